The van der Waals surface area contributed by atoms with Gasteiger partial charge in [-0.2, -0.15) is 5.10 Å². The van der Waals surface area contributed by atoms with Gasteiger partial charge in [0.15, 0.2) is 15.7 Å². The summed E-state index contributed by atoms with van der Waals surface area (Å²) in [5.74, 6) is -2.21. The molecular weight excluding hydrogens is 436 g/mol. The third kappa shape index (κ3) is 4.64. The zero-order valence-corrected chi connectivity index (χ0v) is 19.0. The third-order valence-electron chi connectivity index (χ3n) is 5.73. The monoisotopic (exact) mass is 461 g/mol. The first kappa shape index (κ1) is 22.3. The van der Waals surface area contributed by atoms with Crippen molar-refractivity contribution in [2.75, 3.05) is 34.8 Å². The number of alkyl halides is 2. The fraction of sp³-hybridized carbons (Fsp3) is 0.409. The van der Waals surface area contributed by atoms with Crippen LogP contribution >= 0.6 is 0 Å². The molecule has 0 bridgehead atoms. The summed E-state index contributed by atoms with van der Waals surface area (Å²) in [6.07, 6.45) is 1.72. The summed E-state index contributed by atoms with van der Waals surface area (Å²) >= 11 is 0. The van der Waals surface area contributed by atoms with Crippen molar-refractivity contribution < 1.29 is 17.2 Å². The molecule has 170 valence electrons. The molecule has 1 saturated heterocycles. The second-order valence-electron chi connectivity index (χ2n) is 8.24. The van der Waals surface area contributed by atoms with E-state index in [0.717, 1.165) is 18.0 Å². The number of pyridine rings is 1. The lowest BCUT2D eigenvalue weighted by Gasteiger charge is -2.28. The number of nitrogens with zero attached hydrogens (tertiary/aromatic N) is 4. The van der Waals surface area contributed by atoms with Crippen LogP contribution in [0.2, 0.25) is 0 Å². The largest absolute Gasteiger partial charge is 0.368 e. The number of aromatic nitrogens is 3. The fourth-order valence-electron chi connectivity index (χ4n) is 3.77. The Morgan fingerprint density at radius 2 is 1.88 bits per heavy atom. The maximum Gasteiger partial charge on any atom is 0.270 e. The number of nitrogens with one attached hydrogen (secondary N) is 1. The van der Waals surface area contributed by atoms with Crippen LogP contribution in [-0.4, -0.2) is 48.2 Å². The molecule has 0 spiro atoms. The molecule has 1 fully saturated rings. The molecule has 2 aromatic heterocycles. The number of anilines is 2. The van der Waals surface area contributed by atoms with E-state index in [1.807, 2.05) is 24.8 Å². The van der Waals surface area contributed by atoms with E-state index in [0.29, 0.717) is 35.7 Å². The summed E-state index contributed by atoms with van der Waals surface area (Å²) in [5.41, 5.74) is 2.80. The number of hydrogen-bond donors (Lipinski definition) is 1. The van der Waals surface area contributed by atoms with Crippen molar-refractivity contribution in [3.05, 3.63) is 53.3 Å². The zero-order valence-electron chi connectivity index (χ0n) is 18.1. The smallest absolute Gasteiger partial charge is 0.270 e. The number of benzene rings is 1. The SMILES string of the molecule is Cc1nnc(N[C@H](C)c2cccc(C(C)(F)F)c2)c2cc(N3CCS(=O)(=O)CC3)cnc12. The van der Waals surface area contributed by atoms with Crippen LogP contribution in [0.25, 0.3) is 10.9 Å². The minimum absolute atomic E-state index is 0.0486. The molecule has 1 aliphatic rings. The average Bonchev–Trinajstić information content (AvgIpc) is 2.75. The Hall–Kier alpha value is -2.88. The van der Waals surface area contributed by atoms with Gasteiger partial charge in [0.25, 0.3) is 5.92 Å². The van der Waals surface area contributed by atoms with Crippen LogP contribution in [0.4, 0.5) is 20.3 Å². The summed E-state index contributed by atoms with van der Waals surface area (Å²) in [6.45, 7) is 5.37. The van der Waals surface area contributed by atoms with Gasteiger partial charge < -0.3 is 10.2 Å². The Balaban J connectivity index is 1.66. The third-order valence-corrected chi connectivity index (χ3v) is 7.34. The van der Waals surface area contributed by atoms with Gasteiger partial charge in [0.1, 0.15) is 0 Å². The number of halogens is 2. The molecule has 7 nitrogen and oxygen atoms in total. The molecule has 1 aromatic carbocycles. The normalized spacial score (nSPS) is 17.3. The minimum atomic E-state index is -2.99. The van der Waals surface area contributed by atoms with Gasteiger partial charge in [-0.15, -0.1) is 5.10 Å². The van der Waals surface area contributed by atoms with Crippen molar-refractivity contribution in [1.82, 2.24) is 15.2 Å². The topological polar surface area (TPSA) is 88.1 Å². The van der Waals surface area contributed by atoms with Crippen LogP contribution in [0.5, 0.6) is 0 Å². The number of fused-ring (bicyclic) bond motifs is 1. The molecule has 1 N–H and O–H groups in total. The van der Waals surface area contributed by atoms with Gasteiger partial charge in [0.2, 0.25) is 0 Å². The highest BCUT2D eigenvalue weighted by atomic mass is 32.2. The first-order valence-corrected chi connectivity index (χ1v) is 12.2. The lowest BCUT2D eigenvalue weighted by atomic mass is 10.0. The Bertz CT molecular complexity index is 1250. The van der Waals surface area contributed by atoms with E-state index in [9.17, 15) is 17.2 Å². The Labute approximate surface area is 185 Å². The number of aryl methyl sites for hydroxylation is 1. The molecule has 0 amide bonds. The first-order valence-electron chi connectivity index (χ1n) is 10.4. The van der Waals surface area contributed by atoms with Crippen molar-refractivity contribution in [2.45, 2.75) is 32.7 Å². The molecular formula is C22H25F2N5O2S. The van der Waals surface area contributed by atoms with Crippen molar-refractivity contribution >= 4 is 32.2 Å². The Morgan fingerprint density at radius 3 is 2.56 bits per heavy atom. The van der Waals surface area contributed by atoms with Crippen LogP contribution in [0, 0.1) is 6.92 Å². The summed E-state index contributed by atoms with van der Waals surface area (Å²) in [5, 5.41) is 12.5. The van der Waals surface area contributed by atoms with E-state index in [4.69, 9.17) is 0 Å². The van der Waals surface area contributed by atoms with Crippen molar-refractivity contribution in [1.29, 1.82) is 0 Å². The number of hydrogen-bond acceptors (Lipinski definition) is 7. The van der Waals surface area contributed by atoms with Gasteiger partial charge in [-0.3, -0.25) is 4.98 Å². The molecule has 0 saturated carbocycles. The van der Waals surface area contributed by atoms with E-state index < -0.39 is 15.8 Å². The standard InChI is InChI=1S/C22H25F2N5O2S/c1-14(16-5-4-6-17(11-16)22(3,23)24)26-21-19-12-18(13-25-20(19)15(2)27-28-21)29-7-9-32(30,31)10-8-29/h4-6,11-14H,7-10H2,1-3H3,(H,26,28)/t14-/m1/s1. The summed E-state index contributed by atoms with van der Waals surface area (Å²) in [6, 6.07) is 7.91. The van der Waals surface area contributed by atoms with Gasteiger partial charge in [-0.25, -0.2) is 17.2 Å². The minimum Gasteiger partial charge on any atom is -0.368 e. The number of sulfone groups is 1. The van der Waals surface area contributed by atoms with Crippen molar-refractivity contribution in [3.63, 3.8) is 0 Å². The molecule has 3 heterocycles. The Morgan fingerprint density at radius 1 is 1.16 bits per heavy atom. The maximum absolute atomic E-state index is 13.8. The Kier molecular flexibility index (Phi) is 5.74. The van der Waals surface area contributed by atoms with E-state index in [1.165, 1.54) is 12.1 Å². The quantitative estimate of drug-likeness (QED) is 0.617. The predicted molar refractivity (Wildman–Crippen MR) is 121 cm³/mol. The summed E-state index contributed by atoms with van der Waals surface area (Å²) < 4.78 is 51.0. The predicted octanol–water partition coefficient (Wildman–Crippen LogP) is 3.85. The lowest BCUT2D eigenvalue weighted by molar-refractivity contribution is 0.0174. The van der Waals surface area contributed by atoms with E-state index >= 15 is 0 Å². The molecule has 1 atom stereocenters. The summed E-state index contributed by atoms with van der Waals surface area (Å²) in [7, 11) is -2.99. The second-order valence-corrected chi connectivity index (χ2v) is 10.5. The van der Waals surface area contributed by atoms with Gasteiger partial charge >= 0.3 is 0 Å². The molecule has 0 aliphatic carbocycles. The van der Waals surface area contributed by atoms with Gasteiger partial charge in [-0.05, 0) is 31.5 Å². The van der Waals surface area contributed by atoms with Gasteiger partial charge in [0.05, 0.1) is 40.6 Å². The number of rotatable bonds is 5. The molecule has 0 unspecified atom stereocenters. The fourth-order valence-corrected chi connectivity index (χ4v) is 4.97. The van der Waals surface area contributed by atoms with E-state index in [2.05, 4.69) is 20.5 Å². The molecule has 3 aromatic rings. The molecule has 10 heteroatoms. The van der Waals surface area contributed by atoms with Crippen LogP contribution in [0.1, 0.15) is 36.7 Å². The molecule has 4 rings (SSSR count). The highest BCUT2D eigenvalue weighted by Crippen LogP contribution is 2.31. The second kappa shape index (κ2) is 8.23. The van der Waals surface area contributed by atoms with Crippen LogP contribution in [-0.2, 0) is 15.8 Å². The lowest BCUT2D eigenvalue weighted by Crippen LogP contribution is -2.40. The zero-order chi connectivity index (χ0) is 23.1. The molecule has 1 aliphatic heterocycles. The average molecular weight is 462 g/mol. The van der Waals surface area contributed by atoms with E-state index in [1.54, 1.807) is 18.3 Å². The van der Waals surface area contributed by atoms with Crippen LogP contribution in [0.3, 0.4) is 0 Å². The van der Waals surface area contributed by atoms with E-state index in [-0.39, 0.29) is 23.1 Å². The van der Waals surface area contributed by atoms with Crippen LogP contribution in [0.15, 0.2) is 36.5 Å². The van der Waals surface area contributed by atoms with Gasteiger partial charge in [0, 0.05) is 31.0 Å². The summed E-state index contributed by atoms with van der Waals surface area (Å²) in [4.78, 5) is 6.54. The van der Waals surface area contributed by atoms with Crippen molar-refractivity contribution in [3.8, 4) is 0 Å². The highest BCUT2D eigenvalue weighted by Gasteiger charge is 2.25. The molecule has 32 heavy (non-hydrogen) atoms. The van der Waals surface area contributed by atoms with Crippen molar-refractivity contribution in [2.24, 2.45) is 0 Å². The maximum atomic E-state index is 13.8. The molecule has 0 radical (unpaired) electrons. The highest BCUT2D eigenvalue weighted by molar-refractivity contribution is 7.91. The van der Waals surface area contributed by atoms with Crippen LogP contribution < -0.4 is 10.2 Å². The first-order chi connectivity index (χ1) is 15.0. The van der Waals surface area contributed by atoms with Gasteiger partial charge in [-0.1, -0.05) is 18.2 Å².